The molecule has 24 heavy (non-hydrogen) atoms. The molecule has 0 aliphatic carbocycles. The van der Waals surface area contributed by atoms with Crippen molar-refractivity contribution in [2.24, 2.45) is 0 Å². The molecular formula is C22H30OSi. The molecule has 3 rings (SSSR count). The molecule has 2 aromatic rings. The van der Waals surface area contributed by atoms with E-state index in [9.17, 15) is 0 Å². The Morgan fingerprint density at radius 2 is 1.38 bits per heavy atom. The fraction of sp³-hybridized carbons (Fsp3) is 0.455. The van der Waals surface area contributed by atoms with Crippen LogP contribution in [0.4, 0.5) is 0 Å². The Balaban J connectivity index is 2.13. The normalized spacial score (nSPS) is 20.8. The second-order valence-electron chi connectivity index (χ2n) is 8.03. The maximum atomic E-state index is 6.38. The Kier molecular flexibility index (Phi) is 4.98. The topological polar surface area (TPSA) is 12.5 Å². The Hall–Kier alpha value is -1.38. The first-order chi connectivity index (χ1) is 11.5. The van der Waals surface area contributed by atoms with Crippen molar-refractivity contribution in [3.63, 3.8) is 0 Å². The fourth-order valence-electron chi connectivity index (χ4n) is 4.34. The first kappa shape index (κ1) is 17.4. The quantitative estimate of drug-likeness (QED) is 0.556. The largest absolute Gasteiger partial charge is 0.372 e. The number of benzene rings is 2. The molecule has 1 aliphatic heterocycles. The lowest BCUT2D eigenvalue weighted by atomic mass is 10.2. The SMILES string of the molecule is CCCC[C@@H]1O[C@H]1[Si](c1ccccc1)(c1ccccc1)C(C)(C)C. The van der Waals surface area contributed by atoms with Crippen molar-refractivity contribution >= 4 is 18.4 Å². The van der Waals surface area contributed by atoms with Crippen LogP contribution in [0.3, 0.4) is 0 Å². The van der Waals surface area contributed by atoms with E-state index in [-0.39, 0.29) is 5.04 Å². The summed E-state index contributed by atoms with van der Waals surface area (Å²) in [4.78, 5) is 0. The van der Waals surface area contributed by atoms with E-state index in [1.54, 1.807) is 0 Å². The van der Waals surface area contributed by atoms with Gasteiger partial charge in [-0.05, 0) is 11.5 Å². The molecule has 0 saturated carbocycles. The third-order valence-corrected chi connectivity index (χ3v) is 11.7. The zero-order valence-electron chi connectivity index (χ0n) is 15.5. The van der Waals surface area contributed by atoms with Gasteiger partial charge in [0.05, 0.1) is 11.8 Å². The highest BCUT2D eigenvalue weighted by molar-refractivity contribution is 7.05. The van der Waals surface area contributed by atoms with Crippen LogP contribution in [0.25, 0.3) is 0 Å². The summed E-state index contributed by atoms with van der Waals surface area (Å²) in [6, 6.07) is 22.4. The Bertz CT molecular complexity index is 605. The van der Waals surface area contributed by atoms with Crippen molar-refractivity contribution in [3.8, 4) is 0 Å². The highest BCUT2D eigenvalue weighted by Crippen LogP contribution is 2.46. The van der Waals surface area contributed by atoms with E-state index in [0.29, 0.717) is 11.8 Å². The number of hydrogen-bond donors (Lipinski definition) is 0. The molecule has 0 amide bonds. The van der Waals surface area contributed by atoms with E-state index in [2.05, 4.69) is 88.4 Å². The van der Waals surface area contributed by atoms with E-state index < -0.39 is 8.07 Å². The average molecular weight is 339 g/mol. The lowest BCUT2D eigenvalue weighted by molar-refractivity contribution is 0.378. The highest BCUT2D eigenvalue weighted by Gasteiger charge is 2.62. The van der Waals surface area contributed by atoms with Crippen LogP contribution in [0.15, 0.2) is 60.7 Å². The van der Waals surface area contributed by atoms with Crippen LogP contribution < -0.4 is 10.4 Å². The highest BCUT2D eigenvalue weighted by atomic mass is 28.3. The van der Waals surface area contributed by atoms with Crippen molar-refractivity contribution < 1.29 is 4.74 Å². The molecule has 0 spiro atoms. The van der Waals surface area contributed by atoms with E-state index in [4.69, 9.17) is 4.74 Å². The average Bonchev–Trinajstić information content (AvgIpc) is 3.34. The van der Waals surface area contributed by atoms with Crippen LogP contribution in [0.1, 0.15) is 47.0 Å². The summed E-state index contributed by atoms with van der Waals surface area (Å²) in [5.74, 6) is 0. The van der Waals surface area contributed by atoms with Crippen molar-refractivity contribution in [2.75, 3.05) is 0 Å². The predicted octanol–water partition coefficient (Wildman–Crippen LogP) is 4.55. The van der Waals surface area contributed by atoms with Crippen molar-refractivity contribution in [3.05, 3.63) is 60.7 Å². The Morgan fingerprint density at radius 1 is 0.875 bits per heavy atom. The molecule has 0 unspecified atom stereocenters. The van der Waals surface area contributed by atoms with E-state index in [1.165, 1.54) is 29.6 Å². The summed E-state index contributed by atoms with van der Waals surface area (Å²) in [6.45, 7) is 9.51. The molecule has 0 radical (unpaired) electrons. The van der Waals surface area contributed by atoms with Crippen LogP contribution in [0.5, 0.6) is 0 Å². The minimum Gasteiger partial charge on any atom is -0.372 e. The first-order valence-electron chi connectivity index (χ1n) is 9.28. The molecule has 128 valence electrons. The van der Waals surface area contributed by atoms with Gasteiger partial charge in [-0.2, -0.15) is 0 Å². The van der Waals surface area contributed by atoms with Gasteiger partial charge in [0.1, 0.15) is 0 Å². The van der Waals surface area contributed by atoms with Gasteiger partial charge in [-0.15, -0.1) is 0 Å². The molecule has 1 heterocycles. The first-order valence-corrected chi connectivity index (χ1v) is 11.4. The number of rotatable bonds is 6. The minimum absolute atomic E-state index is 0.196. The van der Waals surface area contributed by atoms with Gasteiger partial charge in [0, 0.05) is 0 Å². The second-order valence-corrected chi connectivity index (χ2v) is 12.9. The van der Waals surface area contributed by atoms with Crippen molar-refractivity contribution in [2.45, 2.75) is 63.8 Å². The maximum absolute atomic E-state index is 6.38. The minimum atomic E-state index is -2.05. The van der Waals surface area contributed by atoms with Gasteiger partial charge in [0.2, 0.25) is 0 Å². The second kappa shape index (κ2) is 6.85. The van der Waals surface area contributed by atoms with Gasteiger partial charge in [-0.1, -0.05) is 112 Å². The molecule has 0 N–H and O–H groups in total. The lowest BCUT2D eigenvalue weighted by Crippen LogP contribution is -2.69. The van der Waals surface area contributed by atoms with E-state index >= 15 is 0 Å². The molecule has 0 aromatic heterocycles. The molecule has 0 bridgehead atoms. The molecule has 1 aliphatic rings. The maximum Gasteiger partial charge on any atom is 0.157 e. The number of hydrogen-bond acceptors (Lipinski definition) is 1. The number of ether oxygens (including phenoxy) is 1. The summed E-state index contributed by atoms with van der Waals surface area (Å²) >= 11 is 0. The standard InChI is InChI=1S/C22H30OSi/c1-5-6-17-20-21(23-20)24(22(2,3)4,18-13-9-7-10-14-18)19-15-11-8-12-16-19/h7-16,20-21H,5-6,17H2,1-4H3/t20-,21-/m0/s1. The third kappa shape index (κ3) is 2.98. The Labute approximate surface area is 148 Å². The molecule has 2 aromatic carbocycles. The lowest BCUT2D eigenvalue weighted by Gasteiger charge is -2.43. The molecule has 1 fully saturated rings. The molecule has 2 atom stereocenters. The zero-order valence-corrected chi connectivity index (χ0v) is 16.5. The van der Waals surface area contributed by atoms with E-state index in [0.717, 1.165) is 0 Å². The summed E-state index contributed by atoms with van der Waals surface area (Å²) < 4.78 is 6.38. The van der Waals surface area contributed by atoms with Gasteiger partial charge >= 0.3 is 0 Å². The molecular weight excluding hydrogens is 308 g/mol. The summed E-state index contributed by atoms with van der Waals surface area (Å²) in [7, 11) is -2.05. The molecule has 1 nitrogen and oxygen atoms in total. The van der Waals surface area contributed by atoms with Crippen LogP contribution in [-0.2, 0) is 4.74 Å². The molecule has 2 heteroatoms. The summed E-state index contributed by atoms with van der Waals surface area (Å²) in [5.41, 5.74) is 0.397. The van der Waals surface area contributed by atoms with Gasteiger partial charge in [0.15, 0.2) is 8.07 Å². The summed E-state index contributed by atoms with van der Waals surface area (Å²) in [5, 5.41) is 3.21. The van der Waals surface area contributed by atoms with Gasteiger partial charge in [-0.25, -0.2) is 0 Å². The van der Waals surface area contributed by atoms with E-state index in [1.807, 2.05) is 0 Å². The van der Waals surface area contributed by atoms with Crippen molar-refractivity contribution in [1.29, 1.82) is 0 Å². The number of epoxide rings is 1. The zero-order chi connectivity index (χ0) is 17.2. The van der Waals surface area contributed by atoms with Crippen molar-refractivity contribution in [1.82, 2.24) is 0 Å². The monoisotopic (exact) mass is 338 g/mol. The summed E-state index contributed by atoms with van der Waals surface area (Å²) in [6.07, 6.45) is 4.15. The predicted molar refractivity (Wildman–Crippen MR) is 106 cm³/mol. The van der Waals surface area contributed by atoms with Gasteiger partial charge in [0.25, 0.3) is 0 Å². The molecule has 1 saturated heterocycles. The Morgan fingerprint density at radius 3 is 1.79 bits per heavy atom. The van der Waals surface area contributed by atoms with Crippen LogP contribution in [-0.4, -0.2) is 19.9 Å². The van der Waals surface area contributed by atoms with Crippen LogP contribution in [0, 0.1) is 0 Å². The smallest absolute Gasteiger partial charge is 0.157 e. The van der Waals surface area contributed by atoms with Crippen LogP contribution >= 0.6 is 0 Å². The van der Waals surface area contributed by atoms with Gasteiger partial charge < -0.3 is 4.74 Å². The van der Waals surface area contributed by atoms with Crippen LogP contribution in [0.2, 0.25) is 5.04 Å². The van der Waals surface area contributed by atoms with Gasteiger partial charge in [-0.3, -0.25) is 0 Å². The number of unbranched alkanes of at least 4 members (excludes halogenated alkanes) is 1. The fourth-order valence-corrected chi connectivity index (χ4v) is 10.5. The third-order valence-electron chi connectivity index (χ3n) is 5.49.